The molecule has 1 aliphatic heterocycles. The molecule has 2 heterocycles. The first-order valence-electron chi connectivity index (χ1n) is 8.67. The minimum Gasteiger partial charge on any atom is -0.370 e. The summed E-state index contributed by atoms with van der Waals surface area (Å²) < 4.78 is 0. The zero-order valence-electron chi connectivity index (χ0n) is 14.9. The van der Waals surface area contributed by atoms with Crippen LogP contribution < -0.4 is 16.0 Å². The average Bonchev–Trinajstić information content (AvgIpc) is 3.17. The monoisotopic (exact) mass is 372 g/mol. The van der Waals surface area contributed by atoms with Crippen molar-refractivity contribution in [3.63, 3.8) is 0 Å². The van der Waals surface area contributed by atoms with Crippen LogP contribution >= 0.6 is 11.3 Å². The van der Waals surface area contributed by atoms with Crippen molar-refractivity contribution in [1.29, 1.82) is 0 Å². The number of carbonyl (C=O) groups excluding carboxylic acids is 1. The van der Waals surface area contributed by atoms with E-state index in [0.29, 0.717) is 12.5 Å². The Kier molecular flexibility index (Phi) is 6.06. The lowest BCUT2D eigenvalue weighted by Gasteiger charge is -2.35. The number of guanidine groups is 1. The lowest BCUT2D eigenvalue weighted by molar-refractivity contribution is -0.114. The van der Waals surface area contributed by atoms with E-state index in [9.17, 15) is 4.79 Å². The van der Waals surface area contributed by atoms with Gasteiger partial charge in [-0.15, -0.1) is 11.3 Å². The third kappa shape index (κ3) is 4.95. The largest absolute Gasteiger partial charge is 0.370 e. The molecule has 0 aliphatic carbocycles. The van der Waals surface area contributed by atoms with E-state index in [1.54, 1.807) is 11.3 Å². The Hall–Kier alpha value is -2.61. The number of nitrogens with zero attached hydrogens (tertiary/aromatic N) is 4. The minimum atomic E-state index is -0.0647. The SMILES string of the molecule is CC(=O)Nc1ccc(CCN=C(N)N2CCN(c3nccs3)CC2)cc1. The summed E-state index contributed by atoms with van der Waals surface area (Å²) in [5, 5.41) is 5.83. The van der Waals surface area contributed by atoms with Gasteiger partial charge in [0.05, 0.1) is 0 Å². The number of carbonyl (C=O) groups is 1. The van der Waals surface area contributed by atoms with Crippen LogP contribution in [-0.4, -0.2) is 54.5 Å². The smallest absolute Gasteiger partial charge is 0.221 e. The van der Waals surface area contributed by atoms with E-state index in [2.05, 4.69) is 25.1 Å². The van der Waals surface area contributed by atoms with Crippen LogP contribution in [0.2, 0.25) is 0 Å². The summed E-state index contributed by atoms with van der Waals surface area (Å²) in [5.74, 6) is 0.545. The zero-order chi connectivity index (χ0) is 18.4. The lowest BCUT2D eigenvalue weighted by Crippen LogP contribution is -2.51. The number of hydrogen-bond donors (Lipinski definition) is 2. The van der Waals surface area contributed by atoms with E-state index in [1.165, 1.54) is 12.5 Å². The number of aliphatic imine (C=N–C) groups is 1. The summed E-state index contributed by atoms with van der Waals surface area (Å²) in [6, 6.07) is 7.82. The highest BCUT2D eigenvalue weighted by Crippen LogP contribution is 2.18. The lowest BCUT2D eigenvalue weighted by atomic mass is 10.1. The summed E-state index contributed by atoms with van der Waals surface area (Å²) >= 11 is 1.67. The number of hydrogen-bond acceptors (Lipinski definition) is 5. The van der Waals surface area contributed by atoms with E-state index < -0.39 is 0 Å². The van der Waals surface area contributed by atoms with Gasteiger partial charge in [-0.25, -0.2) is 4.98 Å². The van der Waals surface area contributed by atoms with E-state index in [4.69, 9.17) is 5.73 Å². The zero-order valence-corrected chi connectivity index (χ0v) is 15.7. The van der Waals surface area contributed by atoms with Crippen LogP contribution in [0, 0.1) is 0 Å². The first kappa shape index (κ1) is 18.2. The fraction of sp³-hybridized carbons (Fsp3) is 0.389. The molecule has 1 aromatic carbocycles. The standard InChI is InChI=1S/C18H24N6OS/c1-14(25)22-16-4-2-15(3-5-16)6-7-20-17(19)23-9-11-24(12-10-23)18-21-8-13-26-18/h2-5,8,13H,6-7,9-12H2,1H3,(H2,19,20)(H,22,25). The van der Waals surface area contributed by atoms with Crippen molar-refractivity contribution in [2.75, 3.05) is 42.9 Å². The maximum atomic E-state index is 11.0. The van der Waals surface area contributed by atoms with Gasteiger partial charge in [0, 0.05) is 56.9 Å². The maximum Gasteiger partial charge on any atom is 0.221 e. The highest BCUT2D eigenvalue weighted by atomic mass is 32.1. The molecule has 0 spiro atoms. The molecule has 3 N–H and O–H groups in total. The molecule has 1 aromatic heterocycles. The molecule has 0 unspecified atom stereocenters. The molecule has 26 heavy (non-hydrogen) atoms. The van der Waals surface area contributed by atoms with Crippen LogP contribution in [0.25, 0.3) is 0 Å². The van der Waals surface area contributed by atoms with Gasteiger partial charge in [-0.2, -0.15) is 0 Å². The highest BCUT2D eigenvalue weighted by molar-refractivity contribution is 7.13. The molecule has 138 valence electrons. The minimum absolute atomic E-state index is 0.0647. The van der Waals surface area contributed by atoms with Crippen molar-refractivity contribution in [1.82, 2.24) is 9.88 Å². The summed E-state index contributed by atoms with van der Waals surface area (Å²) in [5.41, 5.74) is 8.13. The van der Waals surface area contributed by atoms with Crippen molar-refractivity contribution in [2.45, 2.75) is 13.3 Å². The van der Waals surface area contributed by atoms with Crippen molar-refractivity contribution in [2.24, 2.45) is 10.7 Å². The number of piperazine rings is 1. The van der Waals surface area contributed by atoms with Crippen molar-refractivity contribution >= 4 is 34.0 Å². The molecule has 8 heteroatoms. The van der Waals surface area contributed by atoms with Gasteiger partial charge in [-0.3, -0.25) is 9.79 Å². The molecule has 3 rings (SSSR count). The molecule has 7 nitrogen and oxygen atoms in total. The van der Waals surface area contributed by atoms with E-state index >= 15 is 0 Å². The van der Waals surface area contributed by atoms with Crippen LogP contribution in [0.3, 0.4) is 0 Å². The Labute approximate surface area is 157 Å². The second-order valence-electron chi connectivity index (χ2n) is 6.16. The van der Waals surface area contributed by atoms with Crippen LogP contribution in [0.4, 0.5) is 10.8 Å². The Morgan fingerprint density at radius 2 is 2.00 bits per heavy atom. The van der Waals surface area contributed by atoms with Gasteiger partial charge in [-0.05, 0) is 24.1 Å². The summed E-state index contributed by atoms with van der Waals surface area (Å²) in [6.45, 7) is 5.70. The van der Waals surface area contributed by atoms with Crippen LogP contribution in [0.15, 0.2) is 40.8 Å². The Balaban J connectivity index is 1.44. The number of nitrogens with two attached hydrogens (primary N) is 1. The molecule has 1 amide bonds. The van der Waals surface area contributed by atoms with Gasteiger partial charge in [0.1, 0.15) is 0 Å². The molecule has 1 aliphatic rings. The molecule has 1 saturated heterocycles. The summed E-state index contributed by atoms with van der Waals surface area (Å²) in [7, 11) is 0. The topological polar surface area (TPSA) is 86.8 Å². The molecular formula is C18H24N6OS. The van der Waals surface area contributed by atoms with Crippen LogP contribution in [-0.2, 0) is 11.2 Å². The van der Waals surface area contributed by atoms with Gasteiger partial charge < -0.3 is 20.9 Å². The Bertz CT molecular complexity index is 736. The number of benzene rings is 1. The first-order chi connectivity index (χ1) is 12.6. The Morgan fingerprint density at radius 3 is 2.62 bits per heavy atom. The second-order valence-corrected chi connectivity index (χ2v) is 7.03. The molecular weight excluding hydrogens is 348 g/mol. The van der Waals surface area contributed by atoms with Crippen molar-refractivity contribution in [3.05, 3.63) is 41.4 Å². The summed E-state index contributed by atoms with van der Waals surface area (Å²) in [6.07, 6.45) is 2.66. The molecule has 1 fully saturated rings. The average molecular weight is 372 g/mol. The van der Waals surface area contributed by atoms with Crippen molar-refractivity contribution < 1.29 is 4.79 Å². The number of rotatable bonds is 5. The number of anilines is 2. The quantitative estimate of drug-likeness (QED) is 0.617. The van der Waals surface area contributed by atoms with Gasteiger partial charge >= 0.3 is 0 Å². The maximum absolute atomic E-state index is 11.0. The normalized spacial score (nSPS) is 15.2. The molecule has 0 saturated carbocycles. The third-order valence-corrected chi connectivity index (χ3v) is 5.07. The predicted octanol–water partition coefficient (Wildman–Crippen LogP) is 1.78. The molecule has 0 radical (unpaired) electrons. The molecule has 2 aromatic rings. The predicted molar refractivity (Wildman–Crippen MR) is 107 cm³/mol. The van der Waals surface area contributed by atoms with Gasteiger partial charge in [0.2, 0.25) is 5.91 Å². The molecule has 0 bridgehead atoms. The number of amides is 1. The number of nitrogens with one attached hydrogen (secondary N) is 1. The number of thiazole rings is 1. The number of aromatic nitrogens is 1. The molecule has 0 atom stereocenters. The first-order valence-corrected chi connectivity index (χ1v) is 9.55. The third-order valence-electron chi connectivity index (χ3n) is 4.24. The van der Waals surface area contributed by atoms with Gasteiger partial charge in [-0.1, -0.05) is 12.1 Å². The van der Waals surface area contributed by atoms with Crippen LogP contribution in [0.5, 0.6) is 0 Å². The fourth-order valence-corrected chi connectivity index (χ4v) is 3.55. The van der Waals surface area contributed by atoms with E-state index in [0.717, 1.165) is 43.4 Å². The highest BCUT2D eigenvalue weighted by Gasteiger charge is 2.19. The Morgan fingerprint density at radius 1 is 1.27 bits per heavy atom. The van der Waals surface area contributed by atoms with Gasteiger partial charge in [0.15, 0.2) is 11.1 Å². The van der Waals surface area contributed by atoms with Gasteiger partial charge in [0.25, 0.3) is 0 Å². The van der Waals surface area contributed by atoms with Crippen LogP contribution in [0.1, 0.15) is 12.5 Å². The van der Waals surface area contributed by atoms with E-state index in [-0.39, 0.29) is 5.91 Å². The summed E-state index contributed by atoms with van der Waals surface area (Å²) in [4.78, 5) is 24.3. The van der Waals surface area contributed by atoms with Crippen molar-refractivity contribution in [3.8, 4) is 0 Å². The fourth-order valence-electron chi connectivity index (χ4n) is 2.86. The second kappa shape index (κ2) is 8.66. The van der Waals surface area contributed by atoms with E-state index in [1.807, 2.05) is 35.8 Å².